The number of halogens is 1. The van der Waals surface area contributed by atoms with Crippen molar-refractivity contribution in [3.8, 4) is 5.75 Å². The number of carbonyl (C=O) groups excluding carboxylic acids is 1. The quantitative estimate of drug-likeness (QED) is 0.836. The number of amides is 1. The molecule has 0 bridgehead atoms. The summed E-state index contributed by atoms with van der Waals surface area (Å²) in [5.41, 5.74) is -1.55. The van der Waals surface area contributed by atoms with E-state index in [1.54, 1.807) is 6.92 Å². The SMILES string of the molecule is CCN1CCC2(CC1)C[C@](C)(O)[C@@H](NC(=O)c1ccc(OC)cc1F)CO2. The zero-order valence-electron chi connectivity index (χ0n) is 16.3. The Morgan fingerprint density at radius 3 is 2.70 bits per heavy atom. The van der Waals surface area contributed by atoms with Gasteiger partial charge >= 0.3 is 0 Å². The number of nitrogens with zero attached hydrogens (tertiary/aromatic N) is 1. The topological polar surface area (TPSA) is 71.0 Å². The van der Waals surface area contributed by atoms with Gasteiger partial charge in [0.1, 0.15) is 11.6 Å². The van der Waals surface area contributed by atoms with Crippen molar-refractivity contribution in [2.75, 3.05) is 33.4 Å². The highest BCUT2D eigenvalue weighted by molar-refractivity contribution is 5.94. The van der Waals surface area contributed by atoms with E-state index in [4.69, 9.17) is 9.47 Å². The van der Waals surface area contributed by atoms with Crippen molar-refractivity contribution in [3.63, 3.8) is 0 Å². The van der Waals surface area contributed by atoms with Crippen LogP contribution in [0.4, 0.5) is 4.39 Å². The second kappa shape index (κ2) is 7.73. The van der Waals surface area contributed by atoms with Crippen LogP contribution in [0.25, 0.3) is 0 Å². The standard InChI is InChI=1S/C20H29FN2O4/c1-4-23-9-7-20(8-10-23)13-19(2,25)17(12-27-20)22-18(24)15-6-5-14(26-3)11-16(15)21/h5-6,11,17,25H,4,7-10,12-13H2,1-3H3,(H,22,24)/t17-,19-/m0/s1. The maximum Gasteiger partial charge on any atom is 0.254 e. The molecule has 0 aromatic heterocycles. The number of ether oxygens (including phenoxy) is 2. The summed E-state index contributed by atoms with van der Waals surface area (Å²) in [4.78, 5) is 14.9. The molecule has 1 aromatic carbocycles. The first-order valence-electron chi connectivity index (χ1n) is 9.52. The molecule has 7 heteroatoms. The van der Waals surface area contributed by atoms with E-state index in [9.17, 15) is 14.3 Å². The van der Waals surface area contributed by atoms with E-state index in [0.717, 1.165) is 32.5 Å². The Hall–Kier alpha value is -1.70. The summed E-state index contributed by atoms with van der Waals surface area (Å²) in [6.45, 7) is 6.97. The van der Waals surface area contributed by atoms with Crippen LogP contribution in [0.5, 0.6) is 5.75 Å². The van der Waals surface area contributed by atoms with Gasteiger partial charge in [0.25, 0.3) is 5.91 Å². The number of carbonyl (C=O) groups is 1. The lowest BCUT2D eigenvalue weighted by atomic mass is 9.75. The number of rotatable bonds is 4. The van der Waals surface area contributed by atoms with Crippen LogP contribution in [0.2, 0.25) is 0 Å². The number of hydrogen-bond donors (Lipinski definition) is 2. The molecule has 1 spiro atoms. The van der Waals surface area contributed by atoms with Gasteiger partial charge in [-0.1, -0.05) is 6.92 Å². The number of aliphatic hydroxyl groups is 1. The molecule has 2 aliphatic rings. The Kier molecular flexibility index (Phi) is 5.74. The Labute approximate surface area is 159 Å². The van der Waals surface area contributed by atoms with E-state index < -0.39 is 23.4 Å². The molecule has 0 unspecified atom stereocenters. The summed E-state index contributed by atoms with van der Waals surface area (Å²) in [5.74, 6) is -0.884. The van der Waals surface area contributed by atoms with E-state index in [0.29, 0.717) is 12.2 Å². The predicted octanol–water partition coefficient (Wildman–Crippen LogP) is 1.96. The van der Waals surface area contributed by atoms with Gasteiger partial charge < -0.3 is 24.8 Å². The Morgan fingerprint density at radius 2 is 2.15 bits per heavy atom. The fraction of sp³-hybridized carbons (Fsp3) is 0.650. The number of benzene rings is 1. The van der Waals surface area contributed by atoms with Gasteiger partial charge in [0.2, 0.25) is 0 Å². The molecule has 0 saturated carbocycles. The summed E-state index contributed by atoms with van der Waals surface area (Å²) in [6, 6.07) is 3.48. The summed E-state index contributed by atoms with van der Waals surface area (Å²) in [5, 5.41) is 13.7. The Morgan fingerprint density at radius 1 is 1.44 bits per heavy atom. The van der Waals surface area contributed by atoms with E-state index >= 15 is 0 Å². The summed E-state index contributed by atoms with van der Waals surface area (Å²) >= 11 is 0. The third-order valence-corrected chi connectivity index (χ3v) is 5.93. The van der Waals surface area contributed by atoms with Crippen molar-refractivity contribution in [2.24, 2.45) is 0 Å². The zero-order valence-corrected chi connectivity index (χ0v) is 16.3. The van der Waals surface area contributed by atoms with Crippen molar-refractivity contribution in [2.45, 2.75) is 50.4 Å². The molecule has 1 aromatic rings. The van der Waals surface area contributed by atoms with Crippen LogP contribution in [0, 0.1) is 5.82 Å². The van der Waals surface area contributed by atoms with Gasteiger partial charge in [-0.2, -0.15) is 0 Å². The molecule has 6 nitrogen and oxygen atoms in total. The number of hydrogen-bond acceptors (Lipinski definition) is 5. The van der Waals surface area contributed by atoms with Crippen LogP contribution in [-0.4, -0.2) is 66.5 Å². The Balaban J connectivity index is 1.66. The first kappa shape index (κ1) is 20.0. The first-order chi connectivity index (χ1) is 12.8. The smallest absolute Gasteiger partial charge is 0.254 e. The lowest BCUT2D eigenvalue weighted by molar-refractivity contribution is -0.185. The molecule has 2 fully saturated rings. The number of methoxy groups -OCH3 is 1. The molecule has 2 N–H and O–H groups in total. The minimum Gasteiger partial charge on any atom is -0.497 e. The second-order valence-electron chi connectivity index (χ2n) is 7.83. The number of piperidine rings is 1. The molecule has 27 heavy (non-hydrogen) atoms. The first-order valence-corrected chi connectivity index (χ1v) is 9.52. The molecule has 3 rings (SSSR count). The van der Waals surface area contributed by atoms with Gasteiger partial charge in [0.05, 0.1) is 36.5 Å². The zero-order chi connectivity index (χ0) is 19.7. The van der Waals surface area contributed by atoms with Crippen LogP contribution in [0.15, 0.2) is 18.2 Å². The highest BCUT2D eigenvalue weighted by atomic mass is 19.1. The van der Waals surface area contributed by atoms with Gasteiger partial charge in [-0.15, -0.1) is 0 Å². The third kappa shape index (κ3) is 4.25. The fourth-order valence-corrected chi connectivity index (χ4v) is 4.10. The molecule has 2 saturated heterocycles. The van der Waals surface area contributed by atoms with E-state index in [2.05, 4.69) is 17.1 Å². The third-order valence-electron chi connectivity index (χ3n) is 5.93. The van der Waals surface area contributed by atoms with Crippen LogP contribution >= 0.6 is 0 Å². The predicted molar refractivity (Wildman–Crippen MR) is 99.5 cm³/mol. The maximum absolute atomic E-state index is 14.2. The molecule has 150 valence electrons. The maximum atomic E-state index is 14.2. The van der Waals surface area contributed by atoms with Crippen molar-refractivity contribution in [3.05, 3.63) is 29.6 Å². The second-order valence-corrected chi connectivity index (χ2v) is 7.83. The molecule has 0 aliphatic carbocycles. The average Bonchev–Trinajstić information content (AvgIpc) is 2.64. The largest absolute Gasteiger partial charge is 0.497 e. The summed E-state index contributed by atoms with van der Waals surface area (Å²) in [6.07, 6.45) is 2.18. The van der Waals surface area contributed by atoms with Crippen molar-refractivity contribution >= 4 is 5.91 Å². The normalized spacial score (nSPS) is 28.1. The lowest BCUT2D eigenvalue weighted by Gasteiger charge is -2.51. The summed E-state index contributed by atoms with van der Waals surface area (Å²) < 4.78 is 25.2. The molecular formula is C20H29FN2O4. The highest BCUT2D eigenvalue weighted by Gasteiger charge is 2.49. The number of likely N-dealkylation sites (tertiary alicyclic amines) is 1. The van der Waals surface area contributed by atoms with Crippen molar-refractivity contribution in [1.82, 2.24) is 10.2 Å². The van der Waals surface area contributed by atoms with E-state index in [1.807, 2.05) is 0 Å². The molecule has 2 atom stereocenters. The van der Waals surface area contributed by atoms with Crippen LogP contribution in [0.1, 0.15) is 43.5 Å². The van der Waals surface area contributed by atoms with Crippen LogP contribution < -0.4 is 10.1 Å². The number of nitrogens with one attached hydrogen (secondary N) is 1. The van der Waals surface area contributed by atoms with Gasteiger partial charge in [-0.3, -0.25) is 4.79 Å². The fourth-order valence-electron chi connectivity index (χ4n) is 4.10. The van der Waals surface area contributed by atoms with Gasteiger partial charge in [0.15, 0.2) is 0 Å². The molecule has 2 heterocycles. The summed E-state index contributed by atoms with van der Waals surface area (Å²) in [7, 11) is 1.44. The molecule has 0 radical (unpaired) electrons. The highest BCUT2D eigenvalue weighted by Crippen LogP contribution is 2.39. The van der Waals surface area contributed by atoms with Gasteiger partial charge in [-0.05, 0) is 38.4 Å². The Bertz CT molecular complexity index is 687. The van der Waals surface area contributed by atoms with Crippen LogP contribution in [0.3, 0.4) is 0 Å². The monoisotopic (exact) mass is 380 g/mol. The average molecular weight is 380 g/mol. The minimum absolute atomic E-state index is 0.0804. The van der Waals surface area contributed by atoms with Gasteiger partial charge in [-0.25, -0.2) is 4.39 Å². The minimum atomic E-state index is -1.12. The van der Waals surface area contributed by atoms with E-state index in [-0.39, 0.29) is 17.8 Å². The molecular weight excluding hydrogens is 351 g/mol. The van der Waals surface area contributed by atoms with E-state index in [1.165, 1.54) is 25.3 Å². The van der Waals surface area contributed by atoms with Crippen molar-refractivity contribution in [1.29, 1.82) is 0 Å². The molecule has 2 aliphatic heterocycles. The molecule has 1 amide bonds. The van der Waals surface area contributed by atoms with Crippen molar-refractivity contribution < 1.29 is 23.8 Å². The lowest BCUT2D eigenvalue weighted by Crippen LogP contribution is -2.64. The van der Waals surface area contributed by atoms with Gasteiger partial charge in [0, 0.05) is 25.6 Å². The van der Waals surface area contributed by atoms with Crippen LogP contribution in [-0.2, 0) is 4.74 Å².